The Morgan fingerprint density at radius 1 is 1.08 bits per heavy atom. The Morgan fingerprint density at radius 2 is 1.89 bits per heavy atom. The molecular formula is C31H36N2O3. The van der Waals surface area contributed by atoms with E-state index in [1.54, 1.807) is 0 Å². The molecule has 2 heterocycles. The van der Waals surface area contributed by atoms with Crippen LogP contribution in [0.15, 0.2) is 66.7 Å². The molecule has 2 fully saturated rings. The second-order valence-corrected chi connectivity index (χ2v) is 10.6. The summed E-state index contributed by atoms with van der Waals surface area (Å²) in [5.41, 5.74) is 2.01. The van der Waals surface area contributed by atoms with Crippen molar-refractivity contribution < 1.29 is 14.3 Å². The highest BCUT2D eigenvalue weighted by atomic mass is 16.5. The summed E-state index contributed by atoms with van der Waals surface area (Å²) in [7, 11) is 0. The number of ether oxygens (including phenoxy) is 1. The van der Waals surface area contributed by atoms with Crippen LogP contribution in [0.25, 0.3) is 10.8 Å². The highest BCUT2D eigenvalue weighted by molar-refractivity contribution is 5.86. The first-order valence-corrected chi connectivity index (χ1v) is 13.3. The van der Waals surface area contributed by atoms with E-state index in [4.69, 9.17) is 4.74 Å². The summed E-state index contributed by atoms with van der Waals surface area (Å²) >= 11 is 0. The van der Waals surface area contributed by atoms with E-state index in [-0.39, 0.29) is 17.4 Å². The zero-order valence-electron chi connectivity index (χ0n) is 21.2. The number of rotatable bonds is 8. The first kappa shape index (κ1) is 24.4. The van der Waals surface area contributed by atoms with Crippen LogP contribution in [-0.4, -0.2) is 41.9 Å². The molecule has 5 nitrogen and oxygen atoms in total. The highest BCUT2D eigenvalue weighted by Crippen LogP contribution is 2.33. The molecule has 2 amide bonds. The second kappa shape index (κ2) is 10.7. The lowest BCUT2D eigenvalue weighted by molar-refractivity contribution is -0.134. The fraction of sp³-hybridized carbons (Fsp3) is 0.419. The molecule has 0 radical (unpaired) electrons. The van der Waals surface area contributed by atoms with Crippen LogP contribution in [0.4, 0.5) is 0 Å². The molecule has 3 aromatic carbocycles. The third-order valence-electron chi connectivity index (χ3n) is 7.90. The number of carbonyl (C=O) groups excluding carboxylic acids is 2. The first-order chi connectivity index (χ1) is 17.5. The molecule has 188 valence electrons. The number of hydrogen-bond donors (Lipinski definition) is 1. The van der Waals surface area contributed by atoms with E-state index in [0.717, 1.165) is 50.1 Å². The molecular weight excluding hydrogens is 448 g/mol. The Morgan fingerprint density at radius 3 is 2.72 bits per heavy atom. The van der Waals surface area contributed by atoms with Crippen LogP contribution in [0.5, 0.6) is 5.75 Å². The minimum absolute atomic E-state index is 0.0917. The molecule has 0 saturated carbocycles. The zero-order chi connectivity index (χ0) is 25.0. The van der Waals surface area contributed by atoms with Crippen LogP contribution in [0, 0.1) is 12.8 Å². The number of amides is 2. The SMILES string of the molecule is Cc1ccccc1OC[C@@H]1CCCN(C(=O)CC[C@@]2(Cc3cccc4ccccc34)CCC(=O)N2)C1. The molecule has 0 bridgehead atoms. The predicted octanol–water partition coefficient (Wildman–Crippen LogP) is 5.44. The Hall–Kier alpha value is -3.34. The molecule has 0 aliphatic carbocycles. The molecule has 36 heavy (non-hydrogen) atoms. The number of fused-ring (bicyclic) bond motifs is 1. The third kappa shape index (κ3) is 5.56. The van der Waals surface area contributed by atoms with Gasteiger partial charge in [-0.05, 0) is 67.0 Å². The first-order valence-electron chi connectivity index (χ1n) is 13.3. The topological polar surface area (TPSA) is 58.6 Å². The van der Waals surface area contributed by atoms with Gasteiger partial charge in [0.1, 0.15) is 5.75 Å². The summed E-state index contributed by atoms with van der Waals surface area (Å²) < 4.78 is 6.09. The van der Waals surface area contributed by atoms with E-state index in [0.29, 0.717) is 31.8 Å². The number of hydrogen-bond acceptors (Lipinski definition) is 3. The minimum atomic E-state index is -0.361. The fourth-order valence-electron chi connectivity index (χ4n) is 5.85. The normalized spacial score (nSPS) is 22.0. The van der Waals surface area contributed by atoms with Crippen molar-refractivity contribution in [3.63, 3.8) is 0 Å². The molecule has 5 heteroatoms. The van der Waals surface area contributed by atoms with E-state index < -0.39 is 0 Å². The van der Waals surface area contributed by atoms with Crippen molar-refractivity contribution >= 4 is 22.6 Å². The maximum absolute atomic E-state index is 13.3. The standard InChI is InChI=1S/C31H36N2O3/c1-23-8-2-5-14-28(23)36-22-24-9-7-19-33(21-24)30(35)16-18-31(17-15-29(34)32-31)20-26-12-6-11-25-10-3-4-13-27(25)26/h2-6,8,10-14,24H,7,9,15-22H2,1H3,(H,32,34)/t24-,31-/m1/s1. The summed E-state index contributed by atoms with van der Waals surface area (Å²) in [5.74, 6) is 1.55. The van der Waals surface area contributed by atoms with Crippen molar-refractivity contribution in [1.82, 2.24) is 10.2 Å². The zero-order valence-corrected chi connectivity index (χ0v) is 21.2. The number of piperidine rings is 1. The van der Waals surface area contributed by atoms with Gasteiger partial charge in [-0.3, -0.25) is 9.59 Å². The van der Waals surface area contributed by atoms with Gasteiger partial charge >= 0.3 is 0 Å². The molecule has 0 aromatic heterocycles. The van der Waals surface area contributed by atoms with Gasteiger partial charge in [-0.1, -0.05) is 60.7 Å². The summed E-state index contributed by atoms with van der Waals surface area (Å²) in [6.45, 7) is 4.24. The lowest BCUT2D eigenvalue weighted by Gasteiger charge is -2.35. The smallest absolute Gasteiger partial charge is 0.222 e. The van der Waals surface area contributed by atoms with Crippen LogP contribution in [0.3, 0.4) is 0 Å². The van der Waals surface area contributed by atoms with E-state index in [2.05, 4.69) is 60.8 Å². The van der Waals surface area contributed by atoms with E-state index in [1.807, 2.05) is 23.1 Å². The van der Waals surface area contributed by atoms with Crippen molar-refractivity contribution in [2.24, 2.45) is 5.92 Å². The van der Waals surface area contributed by atoms with Gasteiger partial charge in [0.05, 0.1) is 6.61 Å². The lowest BCUT2D eigenvalue weighted by Crippen LogP contribution is -2.46. The Balaban J connectivity index is 1.21. The van der Waals surface area contributed by atoms with Crippen LogP contribution in [-0.2, 0) is 16.0 Å². The summed E-state index contributed by atoms with van der Waals surface area (Å²) in [4.78, 5) is 27.6. The second-order valence-electron chi connectivity index (χ2n) is 10.6. The average Bonchev–Trinajstić information content (AvgIpc) is 3.27. The van der Waals surface area contributed by atoms with E-state index >= 15 is 0 Å². The van der Waals surface area contributed by atoms with Crippen molar-refractivity contribution in [3.8, 4) is 5.75 Å². The molecule has 2 aliphatic rings. The maximum Gasteiger partial charge on any atom is 0.222 e. The average molecular weight is 485 g/mol. The van der Waals surface area contributed by atoms with Crippen molar-refractivity contribution in [2.45, 2.75) is 57.4 Å². The minimum Gasteiger partial charge on any atom is -0.493 e. The highest BCUT2D eigenvalue weighted by Gasteiger charge is 2.38. The molecule has 3 aromatic rings. The van der Waals surface area contributed by atoms with Crippen LogP contribution in [0.2, 0.25) is 0 Å². The van der Waals surface area contributed by atoms with Crippen molar-refractivity contribution in [3.05, 3.63) is 77.9 Å². The van der Waals surface area contributed by atoms with Crippen molar-refractivity contribution in [1.29, 1.82) is 0 Å². The van der Waals surface area contributed by atoms with Gasteiger partial charge < -0.3 is 15.0 Å². The van der Waals surface area contributed by atoms with Gasteiger partial charge in [-0.25, -0.2) is 0 Å². The predicted molar refractivity (Wildman–Crippen MR) is 143 cm³/mol. The number of nitrogens with one attached hydrogen (secondary N) is 1. The molecule has 1 N–H and O–H groups in total. The monoisotopic (exact) mass is 484 g/mol. The number of aryl methyl sites for hydroxylation is 1. The van der Waals surface area contributed by atoms with Gasteiger partial charge in [0.25, 0.3) is 0 Å². The fourth-order valence-corrected chi connectivity index (χ4v) is 5.85. The molecule has 0 unspecified atom stereocenters. The van der Waals surface area contributed by atoms with E-state index in [9.17, 15) is 9.59 Å². The Labute approximate surface area is 213 Å². The quantitative estimate of drug-likeness (QED) is 0.463. The molecule has 0 spiro atoms. The van der Waals surface area contributed by atoms with Crippen LogP contribution < -0.4 is 10.1 Å². The van der Waals surface area contributed by atoms with Gasteiger partial charge in [0.15, 0.2) is 0 Å². The molecule has 5 rings (SSSR count). The lowest BCUT2D eigenvalue weighted by atomic mass is 9.83. The van der Waals surface area contributed by atoms with Crippen LogP contribution >= 0.6 is 0 Å². The summed E-state index contributed by atoms with van der Waals surface area (Å²) in [6.07, 6.45) is 5.26. The number of para-hydroxylation sites is 1. The van der Waals surface area contributed by atoms with Gasteiger partial charge in [-0.15, -0.1) is 0 Å². The Bertz CT molecular complexity index is 1230. The largest absolute Gasteiger partial charge is 0.493 e. The van der Waals surface area contributed by atoms with Gasteiger partial charge in [0.2, 0.25) is 11.8 Å². The maximum atomic E-state index is 13.3. The van der Waals surface area contributed by atoms with Gasteiger partial charge in [-0.2, -0.15) is 0 Å². The Kier molecular flexibility index (Phi) is 7.26. The molecule has 2 aliphatic heterocycles. The molecule has 2 atom stereocenters. The molecule has 2 saturated heterocycles. The summed E-state index contributed by atoms with van der Waals surface area (Å²) in [5, 5.41) is 5.69. The summed E-state index contributed by atoms with van der Waals surface area (Å²) in [6, 6.07) is 22.8. The van der Waals surface area contributed by atoms with Gasteiger partial charge in [0, 0.05) is 37.4 Å². The third-order valence-corrected chi connectivity index (χ3v) is 7.90. The van der Waals surface area contributed by atoms with Crippen molar-refractivity contribution in [2.75, 3.05) is 19.7 Å². The number of carbonyl (C=O) groups is 2. The number of likely N-dealkylation sites (tertiary alicyclic amines) is 1. The number of benzene rings is 3. The van der Waals surface area contributed by atoms with Crippen LogP contribution in [0.1, 0.15) is 49.7 Å². The van der Waals surface area contributed by atoms with E-state index in [1.165, 1.54) is 16.3 Å². The number of nitrogens with zero attached hydrogens (tertiary/aromatic N) is 1.